The van der Waals surface area contributed by atoms with Gasteiger partial charge in [-0.3, -0.25) is 9.36 Å². The fourth-order valence-corrected chi connectivity index (χ4v) is 2.80. The summed E-state index contributed by atoms with van der Waals surface area (Å²) >= 11 is 17.1. The number of hydrogen-bond donors (Lipinski definition) is 1. The van der Waals surface area contributed by atoms with Crippen molar-refractivity contribution in [3.05, 3.63) is 37.3 Å². The molecule has 3 rings (SSSR count). The molecule has 88 valence electrons. The van der Waals surface area contributed by atoms with Crippen LogP contribution >= 0.6 is 35.4 Å². The van der Waals surface area contributed by atoms with Crippen LogP contribution in [0, 0.1) is 4.77 Å². The molecule has 6 heteroatoms. The minimum absolute atomic E-state index is 0.115. The molecule has 1 aromatic carbocycles. The normalized spacial score (nSPS) is 15.4. The summed E-state index contributed by atoms with van der Waals surface area (Å²) in [6.07, 6.45) is 1.99. The molecule has 1 aromatic heterocycles. The first-order valence-corrected chi connectivity index (χ1v) is 6.38. The van der Waals surface area contributed by atoms with E-state index in [2.05, 4.69) is 4.98 Å². The molecule has 1 aliphatic rings. The second kappa shape index (κ2) is 3.83. The fourth-order valence-electron chi connectivity index (χ4n) is 1.92. The lowest BCUT2D eigenvalue weighted by molar-refractivity contribution is 0.686. The number of hydrogen-bond acceptors (Lipinski definition) is 2. The van der Waals surface area contributed by atoms with E-state index in [-0.39, 0.29) is 11.6 Å². The zero-order valence-electron chi connectivity index (χ0n) is 8.67. The van der Waals surface area contributed by atoms with Crippen molar-refractivity contribution >= 4 is 46.3 Å². The number of rotatable bonds is 1. The average Bonchev–Trinajstić information content (AvgIpc) is 3.04. The van der Waals surface area contributed by atoms with E-state index in [1.54, 1.807) is 16.7 Å². The summed E-state index contributed by atoms with van der Waals surface area (Å²) in [6.45, 7) is 0. The molecule has 2 aromatic rings. The molecule has 17 heavy (non-hydrogen) atoms. The third kappa shape index (κ3) is 1.80. The van der Waals surface area contributed by atoms with Gasteiger partial charge in [0.15, 0.2) is 4.77 Å². The highest BCUT2D eigenvalue weighted by molar-refractivity contribution is 7.71. The third-order valence-corrected chi connectivity index (χ3v) is 3.68. The predicted molar refractivity (Wildman–Crippen MR) is 71.7 cm³/mol. The Morgan fingerprint density at radius 1 is 1.35 bits per heavy atom. The Morgan fingerprint density at radius 2 is 2.06 bits per heavy atom. The maximum absolute atomic E-state index is 12.3. The lowest BCUT2D eigenvalue weighted by atomic mass is 10.2. The molecule has 0 spiro atoms. The van der Waals surface area contributed by atoms with E-state index < -0.39 is 0 Å². The number of aromatic amines is 1. The van der Waals surface area contributed by atoms with Crippen LogP contribution in [0.25, 0.3) is 10.9 Å². The molecule has 3 nitrogen and oxygen atoms in total. The van der Waals surface area contributed by atoms with Crippen LogP contribution in [0.3, 0.4) is 0 Å². The smallest absolute Gasteiger partial charge is 0.262 e. The van der Waals surface area contributed by atoms with Crippen LogP contribution in [0.5, 0.6) is 0 Å². The summed E-state index contributed by atoms with van der Waals surface area (Å²) in [4.78, 5) is 15.3. The molecule has 0 bridgehead atoms. The van der Waals surface area contributed by atoms with Gasteiger partial charge in [0, 0.05) is 11.1 Å². The molecular weight excluding hydrogens is 279 g/mol. The van der Waals surface area contributed by atoms with Gasteiger partial charge in [0.2, 0.25) is 0 Å². The van der Waals surface area contributed by atoms with E-state index in [1.807, 2.05) is 0 Å². The van der Waals surface area contributed by atoms with Crippen LogP contribution in [0.4, 0.5) is 0 Å². The molecule has 0 radical (unpaired) electrons. The third-order valence-electron chi connectivity index (χ3n) is 2.87. The van der Waals surface area contributed by atoms with E-state index in [4.69, 9.17) is 35.4 Å². The fraction of sp³-hybridized carbons (Fsp3) is 0.273. The summed E-state index contributed by atoms with van der Waals surface area (Å²) in [7, 11) is 0. The van der Waals surface area contributed by atoms with Crippen LogP contribution < -0.4 is 5.56 Å². The van der Waals surface area contributed by atoms with E-state index in [0.717, 1.165) is 12.8 Å². The number of halogens is 2. The van der Waals surface area contributed by atoms with Crippen LogP contribution in [0.2, 0.25) is 10.0 Å². The number of aromatic nitrogens is 2. The van der Waals surface area contributed by atoms with E-state index in [0.29, 0.717) is 25.7 Å². The SMILES string of the molecule is O=c1c2cc(Cl)cc(Cl)c2[nH]c(=S)n1C1CC1. The first-order chi connectivity index (χ1) is 8.08. The highest BCUT2D eigenvalue weighted by atomic mass is 35.5. The van der Waals surface area contributed by atoms with Crippen molar-refractivity contribution in [3.63, 3.8) is 0 Å². The topological polar surface area (TPSA) is 37.8 Å². The van der Waals surface area contributed by atoms with Crippen molar-refractivity contribution in [2.24, 2.45) is 0 Å². The molecule has 0 unspecified atom stereocenters. The molecule has 0 aliphatic heterocycles. The van der Waals surface area contributed by atoms with Gasteiger partial charge < -0.3 is 4.98 Å². The molecule has 0 saturated heterocycles. The lowest BCUT2D eigenvalue weighted by Crippen LogP contribution is -2.21. The minimum Gasteiger partial charge on any atom is -0.330 e. The number of fused-ring (bicyclic) bond motifs is 1. The maximum Gasteiger partial charge on any atom is 0.262 e. The van der Waals surface area contributed by atoms with E-state index in [9.17, 15) is 4.79 Å². The Morgan fingerprint density at radius 3 is 2.71 bits per heavy atom. The summed E-state index contributed by atoms with van der Waals surface area (Å²) in [5.41, 5.74) is 0.443. The van der Waals surface area contributed by atoms with Crippen molar-refractivity contribution in [2.45, 2.75) is 18.9 Å². The molecule has 0 atom stereocenters. The van der Waals surface area contributed by atoms with Crippen molar-refractivity contribution in [2.75, 3.05) is 0 Å². The van der Waals surface area contributed by atoms with Gasteiger partial charge >= 0.3 is 0 Å². The van der Waals surface area contributed by atoms with Crippen molar-refractivity contribution in [1.82, 2.24) is 9.55 Å². The lowest BCUT2D eigenvalue weighted by Gasteiger charge is -2.07. The van der Waals surface area contributed by atoms with Gasteiger partial charge in [0.25, 0.3) is 5.56 Å². The van der Waals surface area contributed by atoms with Crippen LogP contribution in [0.1, 0.15) is 18.9 Å². The zero-order chi connectivity index (χ0) is 12.2. The molecule has 1 saturated carbocycles. The van der Waals surface area contributed by atoms with Crippen molar-refractivity contribution in [1.29, 1.82) is 0 Å². The van der Waals surface area contributed by atoms with Crippen molar-refractivity contribution < 1.29 is 0 Å². The number of H-pyrrole nitrogens is 1. The minimum atomic E-state index is -0.115. The Balaban J connectivity index is 2.49. The Labute approximate surface area is 112 Å². The highest BCUT2D eigenvalue weighted by Gasteiger charge is 2.26. The van der Waals surface area contributed by atoms with Gasteiger partial charge in [0.05, 0.1) is 15.9 Å². The van der Waals surface area contributed by atoms with Gasteiger partial charge in [-0.05, 0) is 37.2 Å². The Hall–Kier alpha value is -0.840. The molecule has 1 aliphatic carbocycles. The number of benzene rings is 1. The van der Waals surface area contributed by atoms with Gasteiger partial charge in [0.1, 0.15) is 0 Å². The number of nitrogens with zero attached hydrogens (tertiary/aromatic N) is 1. The van der Waals surface area contributed by atoms with Gasteiger partial charge in [-0.1, -0.05) is 23.2 Å². The summed E-state index contributed by atoms with van der Waals surface area (Å²) in [5, 5.41) is 1.36. The number of nitrogens with one attached hydrogen (secondary N) is 1. The van der Waals surface area contributed by atoms with Gasteiger partial charge in [-0.25, -0.2) is 0 Å². The molecule has 1 fully saturated rings. The molecule has 1 N–H and O–H groups in total. The van der Waals surface area contributed by atoms with Crippen molar-refractivity contribution in [3.8, 4) is 0 Å². The second-order valence-electron chi connectivity index (χ2n) is 4.15. The first-order valence-electron chi connectivity index (χ1n) is 5.21. The van der Waals surface area contributed by atoms with Crippen LogP contribution in [-0.4, -0.2) is 9.55 Å². The van der Waals surface area contributed by atoms with Gasteiger partial charge in [-0.2, -0.15) is 0 Å². The zero-order valence-corrected chi connectivity index (χ0v) is 11.0. The quantitative estimate of drug-likeness (QED) is 0.812. The van der Waals surface area contributed by atoms with E-state index in [1.165, 1.54) is 0 Å². The Bertz CT molecular complexity index is 731. The average molecular weight is 287 g/mol. The molecule has 0 amide bonds. The first kappa shape index (κ1) is 11.3. The molecular formula is C11H8Cl2N2OS. The standard InChI is InChI=1S/C11H8Cl2N2OS/c12-5-3-7-9(8(13)4-5)14-11(17)15(10(7)16)6-1-2-6/h3-4,6H,1-2H2,(H,14,17). The summed E-state index contributed by atoms with van der Waals surface area (Å²) in [6, 6.07) is 3.45. The van der Waals surface area contributed by atoms with E-state index >= 15 is 0 Å². The second-order valence-corrected chi connectivity index (χ2v) is 5.38. The Kier molecular flexibility index (Phi) is 2.54. The monoisotopic (exact) mass is 286 g/mol. The summed E-state index contributed by atoms with van der Waals surface area (Å²) in [5.74, 6) is 0. The predicted octanol–water partition coefficient (Wildman–Crippen LogP) is 3.70. The largest absolute Gasteiger partial charge is 0.330 e. The summed E-state index contributed by atoms with van der Waals surface area (Å²) < 4.78 is 2.04. The molecule has 1 heterocycles. The van der Waals surface area contributed by atoms with Crippen LogP contribution in [0.15, 0.2) is 16.9 Å². The van der Waals surface area contributed by atoms with Gasteiger partial charge in [-0.15, -0.1) is 0 Å². The highest BCUT2D eigenvalue weighted by Crippen LogP contribution is 2.34. The van der Waals surface area contributed by atoms with Crippen LogP contribution in [-0.2, 0) is 0 Å². The maximum atomic E-state index is 12.3.